The zero-order valence-electron chi connectivity index (χ0n) is 21.1. The lowest BCUT2D eigenvalue weighted by atomic mass is 10.0. The van der Waals surface area contributed by atoms with E-state index in [9.17, 15) is 29.1 Å². The van der Waals surface area contributed by atoms with Gasteiger partial charge in [0.1, 0.15) is 29.8 Å². The number of thioether (sulfide) groups is 2. The molecule has 0 saturated carbocycles. The predicted molar refractivity (Wildman–Crippen MR) is 131 cm³/mol. The zero-order valence-corrected chi connectivity index (χ0v) is 20.5. The van der Waals surface area contributed by atoms with Crippen molar-refractivity contribution in [3.8, 4) is 0 Å². The van der Waals surface area contributed by atoms with Gasteiger partial charge in [-0.3, -0.25) is 33.9 Å². The highest BCUT2D eigenvalue weighted by Gasteiger charge is 2.54. The largest absolute Gasteiger partial charge is 0.477 e. The first kappa shape index (κ1) is 21.6. The van der Waals surface area contributed by atoms with E-state index < -0.39 is 53.1 Å². The van der Waals surface area contributed by atoms with Crippen molar-refractivity contribution in [2.75, 3.05) is 24.3 Å². The molecule has 18 heteroatoms. The molecule has 1 saturated heterocycles. The molecule has 0 aliphatic carbocycles. The van der Waals surface area contributed by atoms with Gasteiger partial charge >= 0.3 is 17.1 Å². The molecule has 0 aromatic carbocycles. The number of carbonyl (C=O) groups is 3. The predicted octanol–water partition coefficient (Wildman–Crippen LogP) is -1.61. The van der Waals surface area contributed by atoms with Crippen LogP contribution >= 0.6 is 34.9 Å². The standard InChI is InChI=1S/C18H18N8O7S3/c1-25-18(22-12(28)13(29)23-25)36-4-6-3-34-15-9(14(30)26(15)10(6)16(31)32)21-11(27)8(24-33-2)7-5-35-17(19)20-7/h5,9,15H,3-4H2,1-2H3,(H2,19,20)(H,21,27)(H,23,29)(H,31,32)/b24-8-/t9-,15-/m1/s1/i2+1D3,17+1. The molecule has 2 amide bonds. The molecule has 0 spiro atoms. The third-order valence-electron chi connectivity index (χ3n) is 4.98. The number of hydrogen-bond acceptors (Lipinski definition) is 13. The molecule has 2 aromatic rings. The fraction of sp³-hybridized carbons (Fsp3) is 0.333. The van der Waals surface area contributed by atoms with Crippen LogP contribution < -0.4 is 22.2 Å². The summed E-state index contributed by atoms with van der Waals surface area (Å²) in [6.45, 7) is 0. The van der Waals surface area contributed by atoms with Crippen molar-refractivity contribution < 1.29 is 28.4 Å². The SMILES string of the molecule is [2H][13C]([2H])([2H])O/N=C(\C(=O)N[C@@H]1C(=O)N2C(C(=O)O)=C(CSc3nc(=O)c(=O)[nH]n3C)CS[C@H]12)c1cs[13c](N)n1. The third-order valence-corrected chi connectivity index (χ3v) is 8.11. The number of β-lactam (4-membered cyclic amide) rings is 1. The van der Waals surface area contributed by atoms with E-state index in [1.807, 2.05) is 0 Å². The first-order valence-electron chi connectivity index (χ1n) is 11.3. The number of amides is 2. The molecular weight excluding hydrogens is 538 g/mol. The van der Waals surface area contributed by atoms with Gasteiger partial charge in [0.2, 0.25) is 0 Å². The van der Waals surface area contributed by atoms with Crippen molar-refractivity contribution >= 4 is 63.5 Å². The molecule has 1 fully saturated rings. The maximum Gasteiger partial charge on any atom is 0.352 e. The summed E-state index contributed by atoms with van der Waals surface area (Å²) in [5, 5.41) is 18.7. The summed E-state index contributed by atoms with van der Waals surface area (Å²) >= 11 is 3.15. The lowest BCUT2D eigenvalue weighted by Gasteiger charge is -2.49. The van der Waals surface area contributed by atoms with Crippen LogP contribution in [0.5, 0.6) is 0 Å². The summed E-state index contributed by atoms with van der Waals surface area (Å²) in [5.41, 5.74) is 3.17. The maximum absolute atomic E-state index is 13.0. The average Bonchev–Trinajstić information content (AvgIpc) is 3.28. The number of anilines is 1. The Hall–Kier alpha value is -3.64. The summed E-state index contributed by atoms with van der Waals surface area (Å²) in [6, 6.07) is -1.15. The van der Waals surface area contributed by atoms with Gasteiger partial charge in [-0.1, -0.05) is 16.9 Å². The van der Waals surface area contributed by atoms with Crippen LogP contribution in [0.3, 0.4) is 0 Å². The van der Waals surface area contributed by atoms with Crippen molar-refractivity contribution in [3.05, 3.63) is 43.1 Å². The van der Waals surface area contributed by atoms with Gasteiger partial charge in [0, 0.05) is 23.9 Å². The Morgan fingerprint density at radius 3 is 2.89 bits per heavy atom. The number of nitrogen functional groups attached to an aromatic ring is 1. The highest BCUT2D eigenvalue weighted by molar-refractivity contribution is 8.01. The summed E-state index contributed by atoms with van der Waals surface area (Å²) in [6.07, 6.45) is 0. The molecule has 2 aliphatic rings. The summed E-state index contributed by atoms with van der Waals surface area (Å²) in [4.78, 5) is 74.0. The molecular formula is C18H18N8O7S3. The number of H-pyrrole nitrogens is 1. The van der Waals surface area contributed by atoms with Crippen LogP contribution in [-0.2, 0) is 26.3 Å². The molecule has 15 nitrogen and oxygen atoms in total. The number of fused-ring (bicyclic) bond motifs is 1. The number of aryl methyl sites for hydroxylation is 1. The van der Waals surface area contributed by atoms with E-state index in [0.717, 1.165) is 28.0 Å². The number of aromatic nitrogens is 4. The van der Waals surface area contributed by atoms with Gasteiger partial charge < -0.3 is 21.0 Å². The molecule has 0 radical (unpaired) electrons. The van der Waals surface area contributed by atoms with Crippen LogP contribution in [0.2, 0.25) is 0 Å². The van der Waals surface area contributed by atoms with E-state index in [2.05, 4.69) is 30.4 Å². The minimum Gasteiger partial charge on any atom is -0.477 e. The van der Waals surface area contributed by atoms with E-state index >= 15 is 0 Å². The second-order valence-electron chi connectivity index (χ2n) is 7.21. The number of carboxylic acid groups (broad SMARTS) is 1. The van der Waals surface area contributed by atoms with Crippen molar-refractivity contribution in [1.82, 2.24) is 30.0 Å². The van der Waals surface area contributed by atoms with E-state index in [4.69, 9.17) is 9.85 Å². The highest BCUT2D eigenvalue weighted by Crippen LogP contribution is 2.41. The summed E-state index contributed by atoms with van der Waals surface area (Å²) in [5.74, 6) is -2.86. The molecule has 2 aromatic heterocycles. The number of hydrogen-bond donors (Lipinski definition) is 4. The number of oxime groups is 1. The fourth-order valence-corrected chi connectivity index (χ4v) is 6.34. The highest BCUT2D eigenvalue weighted by atomic mass is 32.2. The van der Waals surface area contributed by atoms with Gasteiger partial charge in [0.05, 0.1) is 4.11 Å². The summed E-state index contributed by atoms with van der Waals surface area (Å²) in [7, 11) is -1.50. The Balaban J connectivity index is 1.52. The Morgan fingerprint density at radius 2 is 2.22 bits per heavy atom. The third kappa shape index (κ3) is 4.73. The first-order chi connectivity index (χ1) is 18.3. The molecule has 36 heavy (non-hydrogen) atoms. The van der Waals surface area contributed by atoms with Crippen molar-refractivity contribution in [1.29, 1.82) is 0 Å². The van der Waals surface area contributed by atoms with Gasteiger partial charge in [-0.05, 0) is 5.57 Å². The number of carboxylic acids is 1. The normalized spacial score (nSPS) is 21.1. The van der Waals surface area contributed by atoms with Crippen molar-refractivity contribution in [2.45, 2.75) is 16.6 Å². The molecule has 2 aliphatic heterocycles. The number of aliphatic carboxylic acids is 1. The van der Waals surface area contributed by atoms with E-state index in [1.165, 1.54) is 28.9 Å². The topological polar surface area (TPSA) is 215 Å². The summed E-state index contributed by atoms with van der Waals surface area (Å²) < 4.78 is 22.7. The number of nitrogens with one attached hydrogen (secondary N) is 2. The second kappa shape index (κ2) is 10.2. The monoisotopic (exact) mass is 559 g/mol. The molecule has 2 atom stereocenters. The van der Waals surface area contributed by atoms with Gasteiger partial charge in [0.25, 0.3) is 11.8 Å². The molecule has 5 N–H and O–H groups in total. The van der Waals surface area contributed by atoms with Gasteiger partial charge in [0.15, 0.2) is 16.0 Å². The second-order valence-corrected chi connectivity index (χ2v) is 10.1. The maximum atomic E-state index is 13.0. The smallest absolute Gasteiger partial charge is 0.352 e. The van der Waals surface area contributed by atoms with Crippen LogP contribution in [0.1, 0.15) is 9.81 Å². The number of aromatic amines is 1. The van der Waals surface area contributed by atoms with Crippen LogP contribution in [-0.4, -0.2) is 83.2 Å². The molecule has 4 rings (SSSR count). The van der Waals surface area contributed by atoms with Crippen molar-refractivity contribution in [2.24, 2.45) is 12.2 Å². The Morgan fingerprint density at radius 1 is 1.44 bits per heavy atom. The molecule has 4 heterocycles. The van der Waals surface area contributed by atoms with Gasteiger partial charge in [-0.25, -0.2) is 9.78 Å². The van der Waals surface area contributed by atoms with Crippen molar-refractivity contribution in [3.63, 3.8) is 0 Å². The zero-order chi connectivity index (χ0) is 28.6. The fourth-order valence-electron chi connectivity index (χ4n) is 3.39. The number of thiazole rings is 1. The molecule has 0 bridgehead atoms. The number of carbonyl (C=O) groups excluding carboxylic acids is 2. The van der Waals surface area contributed by atoms with Crippen LogP contribution in [0.4, 0.5) is 5.13 Å². The van der Waals surface area contributed by atoms with E-state index in [-0.39, 0.29) is 33.2 Å². The quantitative estimate of drug-likeness (QED) is 0.0717. The Labute approximate surface area is 218 Å². The van der Waals surface area contributed by atoms with E-state index in [1.54, 1.807) is 0 Å². The Bertz CT molecular complexity index is 1530. The van der Waals surface area contributed by atoms with Crippen LogP contribution in [0.25, 0.3) is 0 Å². The average molecular weight is 560 g/mol. The minimum absolute atomic E-state index is 0.0446. The van der Waals surface area contributed by atoms with Crippen LogP contribution in [0.15, 0.2) is 36.6 Å². The van der Waals surface area contributed by atoms with E-state index in [0.29, 0.717) is 5.57 Å². The lowest BCUT2D eigenvalue weighted by Crippen LogP contribution is -2.71. The Kier molecular flexibility index (Phi) is 6.10. The first-order valence-corrected chi connectivity index (χ1v) is 12.7. The minimum atomic E-state index is -2.96. The lowest BCUT2D eigenvalue weighted by molar-refractivity contribution is -0.150. The number of rotatable bonds is 8. The number of nitrogens with two attached hydrogens (primary N) is 1. The molecule has 0 unspecified atom stereocenters. The van der Waals surface area contributed by atoms with Gasteiger partial charge in [-0.15, -0.1) is 23.1 Å². The van der Waals surface area contributed by atoms with Gasteiger partial charge in [-0.2, -0.15) is 4.98 Å². The molecule has 190 valence electrons. The number of nitrogens with zero attached hydrogens (tertiary/aromatic N) is 5. The van der Waals surface area contributed by atoms with Crippen LogP contribution in [0, 0.1) is 0 Å².